The zero-order valence-electron chi connectivity index (χ0n) is 16.3. The third kappa shape index (κ3) is 5.04. The Morgan fingerprint density at radius 1 is 1.14 bits per heavy atom. The number of carbonyl (C=O) groups is 1. The Morgan fingerprint density at radius 2 is 1.90 bits per heavy atom. The highest BCUT2D eigenvalue weighted by atomic mass is 16.5. The maximum atomic E-state index is 12.4. The quantitative estimate of drug-likeness (QED) is 0.769. The summed E-state index contributed by atoms with van der Waals surface area (Å²) in [5, 5.41) is 14.9. The monoisotopic (exact) mass is 397 g/mol. The molecule has 0 saturated heterocycles. The van der Waals surface area contributed by atoms with Gasteiger partial charge >= 0.3 is 6.03 Å². The van der Waals surface area contributed by atoms with Gasteiger partial charge in [-0.3, -0.25) is 0 Å². The van der Waals surface area contributed by atoms with E-state index in [2.05, 4.69) is 20.6 Å². The minimum absolute atomic E-state index is 0.0312. The fraction of sp³-hybridized carbons (Fsp3) is 0.400. The normalized spacial score (nSPS) is 18.2. The molecule has 3 rings (SSSR count). The molecule has 0 atom stereocenters. The first-order valence-electron chi connectivity index (χ1n) is 9.30. The van der Waals surface area contributed by atoms with Crippen LogP contribution in [-0.4, -0.2) is 42.4 Å². The number of para-hydroxylation sites is 1. The minimum atomic E-state index is -0.304. The molecule has 1 heterocycles. The van der Waals surface area contributed by atoms with Crippen molar-refractivity contribution in [2.75, 3.05) is 19.5 Å². The third-order valence-corrected chi connectivity index (χ3v) is 4.71. The number of carbonyl (C=O) groups excluding carboxylic acids is 1. The number of amides is 2. The van der Waals surface area contributed by atoms with Gasteiger partial charge in [-0.25, -0.2) is 14.8 Å². The fourth-order valence-electron chi connectivity index (χ4n) is 3.30. The number of nitrogens with one attached hydrogen (secondary N) is 2. The molecular formula is C20H23N5O4. The number of rotatable bonds is 6. The molecule has 1 aliphatic rings. The summed E-state index contributed by atoms with van der Waals surface area (Å²) in [6, 6.07) is 7.00. The van der Waals surface area contributed by atoms with Crippen LogP contribution >= 0.6 is 0 Å². The van der Waals surface area contributed by atoms with Crippen LogP contribution in [0.3, 0.4) is 0 Å². The van der Waals surface area contributed by atoms with Crippen molar-refractivity contribution in [2.24, 2.45) is 0 Å². The predicted molar refractivity (Wildman–Crippen MR) is 105 cm³/mol. The molecule has 0 spiro atoms. The Kier molecular flexibility index (Phi) is 6.68. The van der Waals surface area contributed by atoms with E-state index in [-0.39, 0.29) is 29.8 Å². The number of urea groups is 1. The Labute approximate surface area is 169 Å². The predicted octanol–water partition coefficient (Wildman–Crippen LogP) is 2.88. The number of hydrogen-bond donors (Lipinski definition) is 2. The summed E-state index contributed by atoms with van der Waals surface area (Å²) < 4.78 is 16.4. The average molecular weight is 397 g/mol. The number of ether oxygens (including phenoxy) is 3. The molecule has 1 fully saturated rings. The van der Waals surface area contributed by atoms with Crippen molar-refractivity contribution in [1.29, 1.82) is 5.26 Å². The molecule has 29 heavy (non-hydrogen) atoms. The van der Waals surface area contributed by atoms with Gasteiger partial charge in [0.2, 0.25) is 5.69 Å². The largest absolute Gasteiger partial charge is 0.493 e. The highest BCUT2D eigenvalue weighted by Gasteiger charge is 2.25. The van der Waals surface area contributed by atoms with Crippen molar-refractivity contribution in [3.63, 3.8) is 0 Å². The molecule has 0 radical (unpaired) electrons. The number of benzene rings is 1. The number of methoxy groups -OCH3 is 2. The molecule has 0 unspecified atom stereocenters. The summed E-state index contributed by atoms with van der Waals surface area (Å²) in [5.41, 5.74) is 0.715. The second kappa shape index (κ2) is 9.59. The molecule has 0 aliphatic heterocycles. The summed E-state index contributed by atoms with van der Waals surface area (Å²) in [4.78, 5) is 20.4. The van der Waals surface area contributed by atoms with Gasteiger partial charge in [0.15, 0.2) is 11.5 Å². The molecule has 9 nitrogen and oxygen atoms in total. The first kappa shape index (κ1) is 20.2. The molecular weight excluding hydrogens is 374 g/mol. The molecule has 152 valence electrons. The van der Waals surface area contributed by atoms with E-state index in [0.717, 1.165) is 25.7 Å². The summed E-state index contributed by atoms with van der Waals surface area (Å²) in [6.45, 7) is 0. The fourth-order valence-corrected chi connectivity index (χ4v) is 3.30. The molecule has 1 aromatic carbocycles. The molecule has 1 aromatic heterocycles. The number of nitrogens with zero attached hydrogens (tertiary/aromatic N) is 3. The first-order chi connectivity index (χ1) is 14.1. The van der Waals surface area contributed by atoms with Crippen molar-refractivity contribution >= 4 is 11.7 Å². The highest BCUT2D eigenvalue weighted by molar-refractivity contribution is 5.91. The van der Waals surface area contributed by atoms with Gasteiger partial charge in [-0.2, -0.15) is 5.26 Å². The molecule has 9 heteroatoms. The van der Waals surface area contributed by atoms with E-state index in [1.807, 2.05) is 6.07 Å². The molecule has 1 aliphatic carbocycles. The van der Waals surface area contributed by atoms with Crippen LogP contribution in [0, 0.1) is 11.3 Å². The molecule has 2 amide bonds. The Balaban J connectivity index is 1.51. The van der Waals surface area contributed by atoms with E-state index >= 15 is 0 Å². The van der Waals surface area contributed by atoms with Gasteiger partial charge in [0.05, 0.1) is 19.9 Å². The number of anilines is 1. The lowest BCUT2D eigenvalue weighted by atomic mass is 9.93. The van der Waals surface area contributed by atoms with E-state index in [4.69, 9.17) is 19.5 Å². The van der Waals surface area contributed by atoms with Gasteiger partial charge in [-0.15, -0.1) is 0 Å². The van der Waals surface area contributed by atoms with Crippen LogP contribution in [0.4, 0.5) is 10.5 Å². The molecule has 2 N–H and O–H groups in total. The van der Waals surface area contributed by atoms with E-state index < -0.39 is 0 Å². The minimum Gasteiger partial charge on any atom is -0.493 e. The van der Waals surface area contributed by atoms with E-state index in [1.165, 1.54) is 19.5 Å². The van der Waals surface area contributed by atoms with Crippen LogP contribution in [0.2, 0.25) is 0 Å². The van der Waals surface area contributed by atoms with Crippen LogP contribution in [0.25, 0.3) is 0 Å². The van der Waals surface area contributed by atoms with Gasteiger partial charge in [-0.05, 0) is 37.8 Å². The standard InChI is InChI=1S/C20H23N5O4/c1-27-17-5-3-4-15(18(17)28-2)25-20(26)24-13-6-8-14(9-7-13)29-19-16(12-21)22-10-11-23-19/h3-5,10-11,13-14H,6-9H2,1-2H3,(H2,24,25,26). The Bertz CT molecular complexity index is 891. The smallest absolute Gasteiger partial charge is 0.319 e. The maximum Gasteiger partial charge on any atom is 0.319 e. The summed E-state index contributed by atoms with van der Waals surface area (Å²) in [7, 11) is 3.07. The van der Waals surface area contributed by atoms with Gasteiger partial charge in [0, 0.05) is 18.4 Å². The number of nitriles is 1. The van der Waals surface area contributed by atoms with Gasteiger partial charge in [-0.1, -0.05) is 6.07 Å². The van der Waals surface area contributed by atoms with Gasteiger partial charge < -0.3 is 24.8 Å². The van der Waals surface area contributed by atoms with Crippen LogP contribution in [0.1, 0.15) is 31.4 Å². The molecule has 2 aromatic rings. The van der Waals surface area contributed by atoms with Crippen molar-refractivity contribution in [3.8, 4) is 23.4 Å². The first-order valence-corrected chi connectivity index (χ1v) is 9.30. The van der Waals surface area contributed by atoms with Gasteiger partial charge in [0.1, 0.15) is 12.2 Å². The van der Waals surface area contributed by atoms with Crippen molar-refractivity contribution in [1.82, 2.24) is 15.3 Å². The lowest BCUT2D eigenvalue weighted by Gasteiger charge is -2.29. The summed E-state index contributed by atoms with van der Waals surface area (Å²) >= 11 is 0. The lowest BCUT2D eigenvalue weighted by Crippen LogP contribution is -2.41. The lowest BCUT2D eigenvalue weighted by molar-refractivity contribution is 0.134. The van der Waals surface area contributed by atoms with Crippen molar-refractivity contribution in [3.05, 3.63) is 36.3 Å². The number of hydrogen-bond acceptors (Lipinski definition) is 7. The second-order valence-electron chi connectivity index (χ2n) is 6.55. The Hall–Kier alpha value is -3.54. The van der Waals surface area contributed by atoms with E-state index in [1.54, 1.807) is 25.3 Å². The topological polar surface area (TPSA) is 118 Å². The zero-order valence-corrected chi connectivity index (χ0v) is 16.3. The average Bonchev–Trinajstić information content (AvgIpc) is 2.75. The zero-order chi connectivity index (χ0) is 20.6. The van der Waals surface area contributed by atoms with Crippen LogP contribution < -0.4 is 24.8 Å². The third-order valence-electron chi connectivity index (χ3n) is 4.71. The second-order valence-corrected chi connectivity index (χ2v) is 6.55. The van der Waals surface area contributed by atoms with Crippen molar-refractivity contribution in [2.45, 2.75) is 37.8 Å². The number of aromatic nitrogens is 2. The summed E-state index contributed by atoms with van der Waals surface area (Å²) in [5.74, 6) is 1.28. The Morgan fingerprint density at radius 3 is 2.59 bits per heavy atom. The van der Waals surface area contributed by atoms with E-state index in [9.17, 15) is 4.79 Å². The molecule has 0 bridgehead atoms. The van der Waals surface area contributed by atoms with Crippen LogP contribution in [0.15, 0.2) is 30.6 Å². The molecule has 1 saturated carbocycles. The maximum absolute atomic E-state index is 12.4. The van der Waals surface area contributed by atoms with Crippen molar-refractivity contribution < 1.29 is 19.0 Å². The van der Waals surface area contributed by atoms with Crippen LogP contribution in [0.5, 0.6) is 17.4 Å². The van der Waals surface area contributed by atoms with E-state index in [0.29, 0.717) is 17.2 Å². The highest BCUT2D eigenvalue weighted by Crippen LogP contribution is 2.34. The van der Waals surface area contributed by atoms with Crippen LogP contribution in [-0.2, 0) is 0 Å². The SMILES string of the molecule is COc1cccc(NC(=O)NC2CCC(Oc3nccnc3C#N)CC2)c1OC. The summed E-state index contributed by atoms with van der Waals surface area (Å²) in [6.07, 6.45) is 5.91. The van der Waals surface area contributed by atoms with Gasteiger partial charge in [0.25, 0.3) is 5.88 Å².